The van der Waals surface area contributed by atoms with E-state index in [0.29, 0.717) is 5.92 Å². The molecule has 3 rings (SSSR count). The van der Waals surface area contributed by atoms with Gasteiger partial charge in [0.15, 0.2) is 0 Å². The van der Waals surface area contributed by atoms with Crippen molar-refractivity contribution >= 4 is 0 Å². The maximum atomic E-state index is 2.54. The van der Waals surface area contributed by atoms with E-state index in [2.05, 4.69) is 66.4 Å². The van der Waals surface area contributed by atoms with Crippen molar-refractivity contribution < 1.29 is 0 Å². The van der Waals surface area contributed by atoms with E-state index in [9.17, 15) is 0 Å². The van der Waals surface area contributed by atoms with Gasteiger partial charge in [-0.2, -0.15) is 0 Å². The van der Waals surface area contributed by atoms with Crippen LogP contribution in [0.15, 0.2) is 54.6 Å². The highest BCUT2D eigenvalue weighted by molar-refractivity contribution is 5.32. The van der Waals surface area contributed by atoms with E-state index in [1.165, 1.54) is 16.7 Å². The predicted molar refractivity (Wildman–Crippen MR) is 75.4 cm³/mol. The fourth-order valence-electron chi connectivity index (χ4n) is 2.91. The van der Waals surface area contributed by atoms with Crippen LogP contribution >= 0.6 is 0 Å². The van der Waals surface area contributed by atoms with Crippen molar-refractivity contribution in [3.05, 3.63) is 71.3 Å². The molecule has 0 spiro atoms. The number of nitrogens with zero attached hydrogens (tertiary/aromatic N) is 1. The van der Waals surface area contributed by atoms with E-state index in [-0.39, 0.29) is 0 Å². The lowest BCUT2D eigenvalue weighted by Crippen LogP contribution is -2.32. The first-order valence-electron chi connectivity index (χ1n) is 6.67. The molecule has 0 bridgehead atoms. The smallest absolute Gasteiger partial charge is 0.0240 e. The Hall–Kier alpha value is -1.60. The Labute approximate surface area is 109 Å². The highest BCUT2D eigenvalue weighted by Gasteiger charge is 2.21. The molecule has 0 amide bonds. The zero-order valence-electron chi connectivity index (χ0n) is 10.8. The molecule has 1 atom stereocenters. The summed E-state index contributed by atoms with van der Waals surface area (Å²) in [7, 11) is 0. The van der Waals surface area contributed by atoms with Gasteiger partial charge in [-0.15, -0.1) is 0 Å². The topological polar surface area (TPSA) is 3.24 Å². The van der Waals surface area contributed by atoms with E-state index in [1.54, 1.807) is 0 Å². The number of fused-ring (bicyclic) bond motifs is 1. The summed E-state index contributed by atoms with van der Waals surface area (Å²) in [5, 5.41) is 0. The first kappa shape index (κ1) is 11.5. The molecule has 2 aromatic rings. The van der Waals surface area contributed by atoms with Crippen molar-refractivity contribution in [3.8, 4) is 0 Å². The summed E-state index contributed by atoms with van der Waals surface area (Å²) in [6.45, 7) is 5.62. The van der Waals surface area contributed by atoms with Gasteiger partial charge in [0.2, 0.25) is 0 Å². The van der Waals surface area contributed by atoms with Crippen LogP contribution in [0.4, 0.5) is 0 Å². The Kier molecular flexibility index (Phi) is 3.16. The van der Waals surface area contributed by atoms with Gasteiger partial charge in [0.05, 0.1) is 0 Å². The van der Waals surface area contributed by atoms with Crippen molar-refractivity contribution in [2.75, 3.05) is 6.54 Å². The first-order valence-corrected chi connectivity index (χ1v) is 6.67. The molecule has 0 aliphatic carbocycles. The number of hydrogen-bond acceptors (Lipinski definition) is 1. The van der Waals surface area contributed by atoms with Gasteiger partial charge in [-0.3, -0.25) is 4.90 Å². The standard InChI is InChI=1S/C17H19N/c1-14-11-18(12-15-7-3-2-4-8-15)13-16-9-5-6-10-17(14)16/h2-10,14H,11-13H2,1H3/t14-/m1/s1. The molecule has 0 radical (unpaired) electrons. The summed E-state index contributed by atoms with van der Waals surface area (Å²) in [6, 6.07) is 19.6. The normalized spacial score (nSPS) is 19.5. The molecule has 1 heterocycles. The third-order valence-electron chi connectivity index (χ3n) is 3.76. The Morgan fingerprint density at radius 3 is 2.56 bits per heavy atom. The summed E-state index contributed by atoms with van der Waals surface area (Å²) < 4.78 is 0. The SMILES string of the molecule is C[C@@H]1CN(Cc2ccccc2)Cc2ccccc21. The number of benzene rings is 2. The summed E-state index contributed by atoms with van der Waals surface area (Å²) in [6.07, 6.45) is 0. The highest BCUT2D eigenvalue weighted by atomic mass is 15.1. The molecule has 0 saturated heterocycles. The number of hydrogen-bond donors (Lipinski definition) is 0. The maximum absolute atomic E-state index is 2.54. The van der Waals surface area contributed by atoms with Gasteiger partial charge in [-0.05, 0) is 22.6 Å². The van der Waals surface area contributed by atoms with Gasteiger partial charge in [0.1, 0.15) is 0 Å². The molecule has 0 fully saturated rings. The monoisotopic (exact) mass is 237 g/mol. The van der Waals surface area contributed by atoms with Crippen LogP contribution in [-0.2, 0) is 13.1 Å². The van der Waals surface area contributed by atoms with Crippen LogP contribution in [0.5, 0.6) is 0 Å². The third kappa shape index (κ3) is 2.32. The molecule has 1 aliphatic rings. The molecule has 92 valence electrons. The molecule has 1 heteroatoms. The minimum atomic E-state index is 0.638. The Balaban J connectivity index is 1.78. The van der Waals surface area contributed by atoms with Crippen molar-refractivity contribution in [1.29, 1.82) is 0 Å². The Morgan fingerprint density at radius 2 is 1.72 bits per heavy atom. The van der Waals surface area contributed by atoms with Crippen molar-refractivity contribution in [2.45, 2.75) is 25.9 Å². The zero-order valence-corrected chi connectivity index (χ0v) is 10.8. The molecular weight excluding hydrogens is 218 g/mol. The molecule has 0 N–H and O–H groups in total. The Bertz CT molecular complexity index is 518. The van der Waals surface area contributed by atoms with Crippen LogP contribution in [0.3, 0.4) is 0 Å². The van der Waals surface area contributed by atoms with Crippen LogP contribution in [0, 0.1) is 0 Å². The molecule has 0 saturated carbocycles. The lowest BCUT2D eigenvalue weighted by Gasteiger charge is -2.33. The largest absolute Gasteiger partial charge is 0.294 e. The van der Waals surface area contributed by atoms with Crippen molar-refractivity contribution in [1.82, 2.24) is 4.90 Å². The lowest BCUT2D eigenvalue weighted by molar-refractivity contribution is 0.226. The molecule has 1 aliphatic heterocycles. The quantitative estimate of drug-likeness (QED) is 0.767. The second-order valence-corrected chi connectivity index (χ2v) is 5.26. The van der Waals surface area contributed by atoms with Crippen LogP contribution < -0.4 is 0 Å². The predicted octanol–water partition coefficient (Wildman–Crippen LogP) is 3.81. The fraction of sp³-hybridized carbons (Fsp3) is 0.294. The summed E-state index contributed by atoms with van der Waals surface area (Å²) in [4.78, 5) is 2.54. The summed E-state index contributed by atoms with van der Waals surface area (Å²) in [5.74, 6) is 0.638. The minimum Gasteiger partial charge on any atom is -0.294 e. The van der Waals surface area contributed by atoms with E-state index in [4.69, 9.17) is 0 Å². The maximum Gasteiger partial charge on any atom is 0.0240 e. The number of rotatable bonds is 2. The van der Waals surface area contributed by atoms with Gasteiger partial charge >= 0.3 is 0 Å². The molecule has 0 unspecified atom stereocenters. The van der Waals surface area contributed by atoms with E-state index >= 15 is 0 Å². The zero-order chi connectivity index (χ0) is 12.4. The lowest BCUT2D eigenvalue weighted by atomic mass is 9.91. The van der Waals surface area contributed by atoms with E-state index < -0.39 is 0 Å². The minimum absolute atomic E-state index is 0.638. The second kappa shape index (κ2) is 4.95. The van der Waals surface area contributed by atoms with Crippen LogP contribution in [0.1, 0.15) is 29.5 Å². The fourth-order valence-corrected chi connectivity index (χ4v) is 2.91. The molecule has 2 aromatic carbocycles. The molecule has 0 aromatic heterocycles. The van der Waals surface area contributed by atoms with Gasteiger partial charge < -0.3 is 0 Å². The molecule has 1 nitrogen and oxygen atoms in total. The Morgan fingerprint density at radius 1 is 1.00 bits per heavy atom. The van der Waals surface area contributed by atoms with Crippen molar-refractivity contribution in [2.24, 2.45) is 0 Å². The summed E-state index contributed by atoms with van der Waals surface area (Å²) in [5.41, 5.74) is 4.43. The van der Waals surface area contributed by atoms with Gasteiger partial charge in [-0.25, -0.2) is 0 Å². The average molecular weight is 237 g/mol. The van der Waals surface area contributed by atoms with Crippen LogP contribution in [-0.4, -0.2) is 11.4 Å². The highest BCUT2D eigenvalue weighted by Crippen LogP contribution is 2.28. The van der Waals surface area contributed by atoms with E-state index in [0.717, 1.165) is 19.6 Å². The molecular formula is C17H19N. The van der Waals surface area contributed by atoms with Crippen LogP contribution in [0.25, 0.3) is 0 Å². The molecule has 18 heavy (non-hydrogen) atoms. The van der Waals surface area contributed by atoms with Gasteiger partial charge in [-0.1, -0.05) is 61.5 Å². The average Bonchev–Trinajstić information content (AvgIpc) is 2.40. The summed E-state index contributed by atoms with van der Waals surface area (Å²) >= 11 is 0. The van der Waals surface area contributed by atoms with Gasteiger partial charge in [0, 0.05) is 19.6 Å². The van der Waals surface area contributed by atoms with Gasteiger partial charge in [0.25, 0.3) is 0 Å². The van der Waals surface area contributed by atoms with Crippen LogP contribution in [0.2, 0.25) is 0 Å². The van der Waals surface area contributed by atoms with Crippen molar-refractivity contribution in [3.63, 3.8) is 0 Å². The first-order chi connectivity index (χ1) is 8.83. The second-order valence-electron chi connectivity index (χ2n) is 5.26. The van der Waals surface area contributed by atoms with E-state index in [1.807, 2.05) is 0 Å². The third-order valence-corrected chi connectivity index (χ3v) is 3.76.